The molecule has 0 aliphatic carbocycles. The van der Waals surface area contributed by atoms with Crippen molar-refractivity contribution < 1.29 is 13.6 Å². The van der Waals surface area contributed by atoms with E-state index in [2.05, 4.69) is 25.8 Å². The molecule has 0 fully saturated rings. The molecule has 4 nitrogen and oxygen atoms in total. The smallest absolute Gasteiger partial charge is 0.358 e. The molecule has 204 valence electrons. The van der Waals surface area contributed by atoms with Crippen molar-refractivity contribution in [1.82, 2.24) is 4.90 Å². The Labute approximate surface area is 216 Å². The highest BCUT2D eigenvalue weighted by molar-refractivity contribution is 7.57. The van der Waals surface area contributed by atoms with Gasteiger partial charge < -0.3 is 9.42 Å². The molecule has 0 aliphatic rings. The highest BCUT2D eigenvalue weighted by Crippen LogP contribution is 2.54. The zero-order valence-corrected chi connectivity index (χ0v) is 25.6. The quantitative estimate of drug-likeness (QED) is 0.0798. The predicted molar refractivity (Wildman–Crippen MR) is 154 cm³/mol. The van der Waals surface area contributed by atoms with E-state index in [1.165, 1.54) is 109 Å². The fourth-order valence-electron chi connectivity index (χ4n) is 4.40. The molecule has 0 amide bonds. The Morgan fingerprint density at radius 2 is 1.12 bits per heavy atom. The molecule has 0 aromatic heterocycles. The summed E-state index contributed by atoms with van der Waals surface area (Å²) in [4.78, 5) is 2.08. The molecule has 34 heavy (non-hydrogen) atoms. The van der Waals surface area contributed by atoms with Gasteiger partial charge in [0.2, 0.25) is 4.90 Å². The third kappa shape index (κ3) is 20.6. The minimum atomic E-state index is -1.68. The molecule has 0 saturated carbocycles. The maximum atomic E-state index is 12.5. The highest BCUT2D eigenvalue weighted by Gasteiger charge is 2.47. The molecule has 0 saturated heterocycles. The Morgan fingerprint density at radius 3 is 1.56 bits per heavy atom. The fourth-order valence-corrected chi connectivity index (χ4v) is 6.68. The lowest BCUT2D eigenvalue weighted by Gasteiger charge is -2.20. The minimum absolute atomic E-state index is 0.242. The zero-order chi connectivity index (χ0) is 25.3. The van der Waals surface area contributed by atoms with Crippen LogP contribution < -0.4 is 0 Å². The lowest BCUT2D eigenvalue weighted by atomic mass is 10.0. The molecular formula is C28H60NO3P2+. The normalized spacial score (nSPS) is 14.4. The lowest BCUT2D eigenvalue weighted by Crippen LogP contribution is -2.23. The zero-order valence-electron chi connectivity index (χ0n) is 23.7. The van der Waals surface area contributed by atoms with Gasteiger partial charge in [0.05, 0.1) is 15.4 Å². The van der Waals surface area contributed by atoms with Crippen LogP contribution in [0.2, 0.25) is 0 Å². The third-order valence-corrected chi connectivity index (χ3v) is 10.1. The first-order valence-electron chi connectivity index (χ1n) is 14.7. The standard InChI is InChI=1S/C28H60NO3P2/c1-6-9-10-11-12-13-14-15-16-17-18-19-20-21-22-23-26-29(5)27-24-25-28(4,33-31-7-2)34(30)32-8-3/h33H,6-27H2,1-5H3/q+1. The molecule has 0 bridgehead atoms. The van der Waals surface area contributed by atoms with Crippen LogP contribution in [0.5, 0.6) is 0 Å². The molecule has 0 heterocycles. The molecule has 0 rings (SSSR count). The Bertz CT molecular complexity index is 453. The summed E-state index contributed by atoms with van der Waals surface area (Å²) < 4.78 is 23.6. The van der Waals surface area contributed by atoms with Crippen molar-refractivity contribution in [3.05, 3.63) is 0 Å². The first-order valence-corrected chi connectivity index (χ1v) is 16.8. The summed E-state index contributed by atoms with van der Waals surface area (Å²) in [5, 5.41) is 0. The minimum Gasteiger partial charge on any atom is -0.358 e. The Balaban J connectivity index is 3.58. The van der Waals surface area contributed by atoms with Gasteiger partial charge in [0.25, 0.3) is 0 Å². The predicted octanol–water partition coefficient (Wildman–Crippen LogP) is 10.1. The van der Waals surface area contributed by atoms with Crippen molar-refractivity contribution >= 4 is 16.8 Å². The Kier molecular flexibility index (Phi) is 25.4. The van der Waals surface area contributed by atoms with E-state index in [-0.39, 0.29) is 13.7 Å². The molecule has 6 heteroatoms. The SMILES string of the molecule is CCCCCCCCCCCCCCCCCCN(C)CCCC(C)(POCC)[P+](=O)OCC. The van der Waals surface area contributed by atoms with Crippen LogP contribution in [0, 0.1) is 0 Å². The third-order valence-electron chi connectivity index (χ3n) is 6.68. The molecule has 0 N–H and O–H groups in total. The molecule has 0 aromatic carbocycles. The average molecular weight is 521 g/mol. The van der Waals surface area contributed by atoms with E-state index in [4.69, 9.17) is 9.05 Å². The first-order chi connectivity index (χ1) is 16.5. The van der Waals surface area contributed by atoms with E-state index in [9.17, 15) is 4.57 Å². The van der Waals surface area contributed by atoms with Crippen LogP contribution in [0.4, 0.5) is 0 Å². The van der Waals surface area contributed by atoms with Crippen LogP contribution in [-0.2, 0) is 13.6 Å². The molecule has 3 unspecified atom stereocenters. The van der Waals surface area contributed by atoms with E-state index in [1.807, 2.05) is 13.8 Å². The molecule has 0 radical (unpaired) electrons. The molecule has 3 atom stereocenters. The second-order valence-electron chi connectivity index (χ2n) is 10.2. The second kappa shape index (κ2) is 25.1. The fraction of sp³-hybridized carbons (Fsp3) is 1.00. The van der Waals surface area contributed by atoms with E-state index >= 15 is 0 Å². The summed E-state index contributed by atoms with van der Waals surface area (Å²) in [5.74, 6) is 0. The first kappa shape index (κ1) is 34.4. The van der Waals surface area contributed by atoms with Crippen molar-refractivity contribution in [3.63, 3.8) is 0 Å². The van der Waals surface area contributed by atoms with Crippen molar-refractivity contribution in [2.45, 2.75) is 148 Å². The van der Waals surface area contributed by atoms with Crippen molar-refractivity contribution in [2.24, 2.45) is 0 Å². The molecular weight excluding hydrogens is 460 g/mol. The number of nitrogens with zero attached hydrogens (tertiary/aromatic N) is 1. The summed E-state index contributed by atoms with van der Waals surface area (Å²) in [7, 11) is 0.780. The van der Waals surface area contributed by atoms with Gasteiger partial charge in [0, 0.05) is 13.0 Å². The summed E-state index contributed by atoms with van der Waals surface area (Å²) in [6.45, 7) is 11.6. The number of hydrogen-bond donors (Lipinski definition) is 0. The van der Waals surface area contributed by atoms with E-state index < -0.39 is 8.03 Å². The Hall–Kier alpha value is 0.410. The van der Waals surface area contributed by atoms with Crippen LogP contribution in [0.3, 0.4) is 0 Å². The second-order valence-corrected chi connectivity index (χ2v) is 14.0. The van der Waals surface area contributed by atoms with Gasteiger partial charge >= 0.3 is 8.03 Å². The number of rotatable bonds is 27. The van der Waals surface area contributed by atoms with E-state index in [0.717, 1.165) is 19.4 Å². The van der Waals surface area contributed by atoms with Crippen LogP contribution in [0.25, 0.3) is 0 Å². The highest BCUT2D eigenvalue weighted by atomic mass is 31.2. The van der Waals surface area contributed by atoms with Gasteiger partial charge in [-0.15, -0.1) is 4.52 Å². The number of hydrogen-bond acceptors (Lipinski definition) is 4. The van der Waals surface area contributed by atoms with Gasteiger partial charge in [-0.3, -0.25) is 0 Å². The van der Waals surface area contributed by atoms with Gasteiger partial charge in [-0.05, 0) is 58.3 Å². The lowest BCUT2D eigenvalue weighted by molar-refractivity contribution is 0.304. The maximum absolute atomic E-state index is 12.5. The van der Waals surface area contributed by atoms with Gasteiger partial charge in [0.1, 0.15) is 0 Å². The summed E-state index contributed by atoms with van der Waals surface area (Å²) >= 11 is 0. The summed E-state index contributed by atoms with van der Waals surface area (Å²) in [6.07, 6.45) is 24.6. The van der Waals surface area contributed by atoms with Gasteiger partial charge in [-0.25, -0.2) is 0 Å². The van der Waals surface area contributed by atoms with Gasteiger partial charge in [0.15, 0.2) is 0 Å². The topological polar surface area (TPSA) is 38.8 Å². The van der Waals surface area contributed by atoms with E-state index in [0.29, 0.717) is 13.2 Å². The van der Waals surface area contributed by atoms with Crippen molar-refractivity contribution in [3.8, 4) is 0 Å². The van der Waals surface area contributed by atoms with Crippen LogP contribution in [-0.4, -0.2) is 43.1 Å². The van der Waals surface area contributed by atoms with Gasteiger partial charge in [-0.1, -0.05) is 103 Å². The summed E-state index contributed by atoms with van der Waals surface area (Å²) in [6, 6.07) is 0. The molecule has 0 aliphatic heterocycles. The maximum Gasteiger partial charge on any atom is 0.520 e. The average Bonchev–Trinajstić information content (AvgIpc) is 2.82. The van der Waals surface area contributed by atoms with Crippen molar-refractivity contribution in [1.29, 1.82) is 0 Å². The molecule has 0 aromatic rings. The van der Waals surface area contributed by atoms with Crippen molar-refractivity contribution in [2.75, 3.05) is 33.4 Å². The van der Waals surface area contributed by atoms with Crippen LogP contribution in [0.15, 0.2) is 0 Å². The van der Waals surface area contributed by atoms with Gasteiger partial charge in [-0.2, -0.15) is 0 Å². The van der Waals surface area contributed by atoms with Crippen LogP contribution >= 0.6 is 16.8 Å². The molecule has 0 spiro atoms. The summed E-state index contributed by atoms with van der Waals surface area (Å²) in [5.41, 5.74) is 0. The Morgan fingerprint density at radius 1 is 0.676 bits per heavy atom. The van der Waals surface area contributed by atoms with Crippen LogP contribution in [0.1, 0.15) is 143 Å². The number of unbranched alkanes of at least 4 members (excludes halogenated alkanes) is 15. The van der Waals surface area contributed by atoms with E-state index in [1.54, 1.807) is 0 Å². The monoisotopic (exact) mass is 520 g/mol. The largest absolute Gasteiger partial charge is 0.520 e.